The third kappa shape index (κ3) is 3.12. The summed E-state index contributed by atoms with van der Waals surface area (Å²) in [5.74, 6) is 1.43. The van der Waals surface area contributed by atoms with Gasteiger partial charge < -0.3 is 20.1 Å². The van der Waals surface area contributed by atoms with E-state index >= 15 is 0 Å². The third-order valence-corrected chi connectivity index (χ3v) is 4.60. The Morgan fingerprint density at radius 1 is 1.15 bits per heavy atom. The van der Waals surface area contributed by atoms with E-state index in [0.717, 1.165) is 45.0 Å². The summed E-state index contributed by atoms with van der Waals surface area (Å²) < 4.78 is 5.42. The van der Waals surface area contributed by atoms with Crippen LogP contribution in [0.4, 0.5) is 5.95 Å². The summed E-state index contributed by atoms with van der Waals surface area (Å²) in [6.45, 7) is 4.02. The van der Waals surface area contributed by atoms with Crippen molar-refractivity contribution >= 4 is 5.95 Å². The Kier molecular flexibility index (Phi) is 3.94. The van der Waals surface area contributed by atoms with Crippen LogP contribution in [0.15, 0.2) is 4.52 Å². The van der Waals surface area contributed by atoms with Gasteiger partial charge in [0.25, 0.3) is 5.95 Å². The van der Waals surface area contributed by atoms with Gasteiger partial charge in [-0.1, -0.05) is 19.3 Å². The van der Waals surface area contributed by atoms with Crippen LogP contribution in [0, 0.1) is 0 Å². The van der Waals surface area contributed by atoms with E-state index in [9.17, 15) is 0 Å². The summed E-state index contributed by atoms with van der Waals surface area (Å²) in [4.78, 5) is 9.05. The minimum Gasteiger partial charge on any atom is -0.337 e. The van der Waals surface area contributed by atoms with Crippen molar-refractivity contribution in [3.8, 4) is 0 Å². The lowest BCUT2D eigenvalue weighted by molar-refractivity contribution is 0.260. The van der Waals surface area contributed by atoms with Crippen LogP contribution in [-0.2, 0) is 6.42 Å². The summed E-state index contributed by atoms with van der Waals surface area (Å²) in [5, 5.41) is 4.13. The first kappa shape index (κ1) is 13.8. The lowest BCUT2D eigenvalue weighted by Crippen LogP contribution is -2.45. The molecule has 1 aliphatic heterocycles. The molecule has 0 bridgehead atoms. The van der Waals surface area contributed by atoms with Crippen molar-refractivity contribution < 1.29 is 4.52 Å². The first-order chi connectivity index (χ1) is 9.65. The number of anilines is 1. The van der Waals surface area contributed by atoms with Gasteiger partial charge >= 0.3 is 0 Å². The summed E-state index contributed by atoms with van der Waals surface area (Å²) in [5.41, 5.74) is 6.31. The van der Waals surface area contributed by atoms with E-state index in [4.69, 9.17) is 10.3 Å². The van der Waals surface area contributed by atoms with Crippen molar-refractivity contribution in [2.75, 3.05) is 38.1 Å². The molecule has 1 aromatic heterocycles. The molecule has 0 atom stereocenters. The zero-order valence-corrected chi connectivity index (χ0v) is 12.3. The fourth-order valence-electron chi connectivity index (χ4n) is 3.19. The van der Waals surface area contributed by atoms with Crippen molar-refractivity contribution in [3.05, 3.63) is 5.89 Å². The molecule has 0 spiro atoms. The maximum Gasteiger partial charge on any atom is 0.266 e. The van der Waals surface area contributed by atoms with Crippen LogP contribution in [0.1, 0.15) is 38.0 Å². The molecular weight excluding hydrogens is 254 g/mol. The monoisotopic (exact) mass is 279 g/mol. The Balaban J connectivity index is 1.61. The fraction of sp³-hybridized carbons (Fsp3) is 0.857. The highest BCUT2D eigenvalue weighted by atomic mass is 16.5. The molecule has 0 unspecified atom stereocenters. The molecule has 1 saturated heterocycles. The Hall–Kier alpha value is -1.14. The minimum atomic E-state index is -0.135. The van der Waals surface area contributed by atoms with Crippen LogP contribution in [0.2, 0.25) is 0 Å². The van der Waals surface area contributed by atoms with E-state index in [1.54, 1.807) is 0 Å². The normalized spacial score (nSPS) is 24.0. The van der Waals surface area contributed by atoms with E-state index in [0.29, 0.717) is 12.3 Å². The first-order valence-corrected chi connectivity index (χ1v) is 7.70. The zero-order valence-electron chi connectivity index (χ0n) is 12.3. The highest BCUT2D eigenvalue weighted by molar-refractivity contribution is 5.28. The van der Waals surface area contributed by atoms with E-state index in [-0.39, 0.29) is 5.54 Å². The van der Waals surface area contributed by atoms with Gasteiger partial charge in [-0.3, -0.25) is 0 Å². The van der Waals surface area contributed by atoms with Crippen molar-refractivity contribution in [1.29, 1.82) is 0 Å². The molecule has 6 nitrogen and oxygen atoms in total. The van der Waals surface area contributed by atoms with Gasteiger partial charge in [0, 0.05) is 38.1 Å². The number of hydrogen-bond donors (Lipinski definition) is 1. The van der Waals surface area contributed by atoms with Gasteiger partial charge in [0.1, 0.15) is 0 Å². The topological polar surface area (TPSA) is 71.4 Å². The molecule has 112 valence electrons. The number of aromatic nitrogens is 2. The van der Waals surface area contributed by atoms with Crippen LogP contribution >= 0.6 is 0 Å². The molecule has 0 radical (unpaired) electrons. The van der Waals surface area contributed by atoms with Crippen molar-refractivity contribution in [2.45, 2.75) is 44.1 Å². The van der Waals surface area contributed by atoms with Gasteiger partial charge in [0.15, 0.2) is 0 Å². The molecule has 6 heteroatoms. The van der Waals surface area contributed by atoms with Gasteiger partial charge in [-0.05, 0) is 25.0 Å². The van der Waals surface area contributed by atoms with Gasteiger partial charge in [0.05, 0.1) is 0 Å². The Morgan fingerprint density at radius 2 is 1.85 bits per heavy atom. The van der Waals surface area contributed by atoms with Gasteiger partial charge in [-0.15, -0.1) is 0 Å². The molecule has 2 aliphatic rings. The number of piperazine rings is 1. The van der Waals surface area contributed by atoms with Crippen LogP contribution in [-0.4, -0.2) is 53.8 Å². The number of nitrogens with zero attached hydrogens (tertiary/aromatic N) is 4. The largest absolute Gasteiger partial charge is 0.337 e. The summed E-state index contributed by atoms with van der Waals surface area (Å²) in [6.07, 6.45) is 6.59. The van der Waals surface area contributed by atoms with Gasteiger partial charge in [-0.2, -0.15) is 4.98 Å². The highest BCUT2D eigenvalue weighted by Gasteiger charge is 2.30. The van der Waals surface area contributed by atoms with Gasteiger partial charge in [0.2, 0.25) is 5.89 Å². The molecule has 0 aromatic carbocycles. The lowest BCUT2D eigenvalue weighted by atomic mass is 9.80. The predicted molar refractivity (Wildman–Crippen MR) is 77.7 cm³/mol. The molecule has 2 heterocycles. The van der Waals surface area contributed by atoms with E-state index < -0.39 is 0 Å². The lowest BCUT2D eigenvalue weighted by Gasteiger charge is -2.32. The van der Waals surface area contributed by atoms with Crippen LogP contribution < -0.4 is 10.6 Å². The second kappa shape index (κ2) is 5.69. The molecular formula is C14H25N5O. The average Bonchev–Trinajstić information content (AvgIpc) is 2.88. The summed E-state index contributed by atoms with van der Waals surface area (Å²) >= 11 is 0. The quantitative estimate of drug-likeness (QED) is 0.891. The first-order valence-electron chi connectivity index (χ1n) is 7.70. The van der Waals surface area contributed by atoms with Crippen LogP contribution in [0.3, 0.4) is 0 Å². The highest BCUT2D eigenvalue weighted by Crippen LogP contribution is 2.29. The Labute approximate surface area is 120 Å². The molecule has 3 rings (SSSR count). The Bertz CT molecular complexity index is 433. The number of hydrogen-bond acceptors (Lipinski definition) is 6. The SMILES string of the molecule is CN1CCN(c2noc(CC3(N)CCCCC3)n2)CC1. The molecule has 20 heavy (non-hydrogen) atoms. The average molecular weight is 279 g/mol. The van der Waals surface area contributed by atoms with Crippen molar-refractivity contribution in [2.24, 2.45) is 5.73 Å². The molecule has 2 N–H and O–H groups in total. The Morgan fingerprint density at radius 3 is 2.55 bits per heavy atom. The second-order valence-electron chi connectivity index (χ2n) is 6.38. The van der Waals surface area contributed by atoms with Crippen molar-refractivity contribution in [1.82, 2.24) is 15.0 Å². The standard InChI is InChI=1S/C14H25N5O/c1-18-7-9-19(10-8-18)13-16-12(20-17-13)11-14(15)5-3-2-4-6-14/h2-11,15H2,1H3. The number of rotatable bonds is 3. The summed E-state index contributed by atoms with van der Waals surface area (Å²) in [7, 11) is 2.14. The predicted octanol–water partition coefficient (Wildman–Crippen LogP) is 1.03. The third-order valence-electron chi connectivity index (χ3n) is 4.60. The second-order valence-corrected chi connectivity index (χ2v) is 6.38. The maximum absolute atomic E-state index is 6.45. The molecule has 1 aliphatic carbocycles. The zero-order chi connectivity index (χ0) is 14.0. The molecule has 1 saturated carbocycles. The smallest absolute Gasteiger partial charge is 0.266 e. The van der Waals surface area contributed by atoms with Crippen LogP contribution in [0.5, 0.6) is 0 Å². The number of nitrogens with two attached hydrogens (primary N) is 1. The van der Waals surface area contributed by atoms with E-state index in [1.807, 2.05) is 0 Å². The maximum atomic E-state index is 6.45. The fourth-order valence-corrected chi connectivity index (χ4v) is 3.19. The molecule has 2 fully saturated rings. The van der Waals surface area contributed by atoms with Crippen LogP contribution in [0.25, 0.3) is 0 Å². The molecule has 0 amide bonds. The van der Waals surface area contributed by atoms with E-state index in [2.05, 4.69) is 27.0 Å². The van der Waals surface area contributed by atoms with Crippen molar-refractivity contribution in [3.63, 3.8) is 0 Å². The summed E-state index contributed by atoms with van der Waals surface area (Å²) in [6, 6.07) is 0. The minimum absolute atomic E-state index is 0.135. The van der Waals surface area contributed by atoms with Gasteiger partial charge in [-0.25, -0.2) is 0 Å². The van der Waals surface area contributed by atoms with E-state index in [1.165, 1.54) is 19.3 Å². The molecule has 1 aromatic rings. The number of likely N-dealkylation sites (N-methyl/N-ethyl adjacent to an activating group) is 1.